The van der Waals surface area contributed by atoms with E-state index < -0.39 is 66.2 Å². The van der Waals surface area contributed by atoms with E-state index in [2.05, 4.69) is 21.3 Å². The number of carbonyl (C=O) groups is 6. The van der Waals surface area contributed by atoms with Gasteiger partial charge in [0.1, 0.15) is 24.7 Å². The first kappa shape index (κ1) is 30.8. The summed E-state index contributed by atoms with van der Waals surface area (Å²) in [6.45, 7) is 7.87. The molecule has 0 radical (unpaired) electrons. The first-order valence-corrected chi connectivity index (χ1v) is 12.2. The molecule has 36 heavy (non-hydrogen) atoms. The molecule has 1 heterocycles. The summed E-state index contributed by atoms with van der Waals surface area (Å²) >= 11 is 0. The second-order valence-corrected chi connectivity index (χ2v) is 9.66. The second-order valence-electron chi connectivity index (χ2n) is 9.66. The highest BCUT2D eigenvalue weighted by Gasteiger charge is 2.35. The lowest BCUT2D eigenvalue weighted by atomic mass is 9.99. The Hall–Kier alpha value is -3.22. The number of nitrogens with zero attached hydrogens (tertiary/aromatic N) is 1. The number of amides is 5. The van der Waals surface area contributed by atoms with Crippen molar-refractivity contribution in [1.29, 1.82) is 0 Å². The van der Waals surface area contributed by atoms with E-state index >= 15 is 0 Å². The van der Waals surface area contributed by atoms with Gasteiger partial charge in [-0.15, -0.1) is 0 Å². The van der Waals surface area contributed by atoms with E-state index in [1.54, 1.807) is 27.7 Å². The molecule has 204 valence electrons. The molecule has 4 atom stereocenters. The number of carboxylic acid groups (broad SMARTS) is 1. The summed E-state index contributed by atoms with van der Waals surface area (Å²) in [5.41, 5.74) is 5.75. The molecule has 1 aliphatic rings. The molecule has 1 aliphatic heterocycles. The van der Waals surface area contributed by atoms with E-state index in [-0.39, 0.29) is 18.4 Å². The molecule has 0 bridgehead atoms. The van der Waals surface area contributed by atoms with Gasteiger partial charge in [-0.25, -0.2) is 0 Å². The molecule has 0 aliphatic carbocycles. The monoisotopic (exact) mass is 512 g/mol. The fraction of sp³-hybridized carbons (Fsp3) is 0.739. The number of rotatable bonds is 12. The average Bonchev–Trinajstić information content (AvgIpc) is 2.82. The minimum absolute atomic E-state index is 0.107. The molecule has 1 saturated heterocycles. The zero-order chi connectivity index (χ0) is 27.6. The largest absolute Gasteiger partial charge is 0.480 e. The molecule has 0 aromatic heterocycles. The van der Waals surface area contributed by atoms with Gasteiger partial charge in [0.15, 0.2) is 0 Å². The minimum Gasteiger partial charge on any atom is -0.480 e. The van der Waals surface area contributed by atoms with Gasteiger partial charge in [0, 0.05) is 6.54 Å². The molecule has 7 N–H and O–H groups in total. The summed E-state index contributed by atoms with van der Waals surface area (Å²) in [5, 5.41) is 18.7. The summed E-state index contributed by atoms with van der Waals surface area (Å²) in [6, 6.07) is -3.56. The van der Waals surface area contributed by atoms with E-state index in [1.165, 1.54) is 11.8 Å². The van der Waals surface area contributed by atoms with Crippen molar-refractivity contribution in [3.63, 3.8) is 0 Å². The summed E-state index contributed by atoms with van der Waals surface area (Å²) in [4.78, 5) is 74.8. The van der Waals surface area contributed by atoms with Crippen molar-refractivity contribution >= 4 is 35.5 Å². The highest BCUT2D eigenvalue weighted by atomic mass is 16.4. The van der Waals surface area contributed by atoms with Crippen LogP contribution in [0.4, 0.5) is 0 Å². The molecular formula is C23H40N6O7. The third-order valence-corrected chi connectivity index (χ3v) is 5.94. The first-order chi connectivity index (χ1) is 16.8. The predicted octanol–water partition coefficient (Wildman–Crippen LogP) is -1.69. The number of hydrogen-bond donors (Lipinski definition) is 6. The fourth-order valence-electron chi connectivity index (χ4n) is 3.71. The Morgan fingerprint density at radius 2 is 1.53 bits per heavy atom. The van der Waals surface area contributed by atoms with Crippen LogP contribution in [0, 0.1) is 11.8 Å². The molecule has 0 spiro atoms. The topological polar surface area (TPSA) is 200 Å². The Kier molecular flexibility index (Phi) is 12.3. The standard InChI is InChI=1S/C23H40N6O7/c1-12(2)18(24)21(34)25-10-16(30)28-19(13(3)4)22(35)27-14(5)23(36)29-9-7-6-8-15(29)20(33)26-11-17(31)32/h12-15,18-19H,6-11,24H2,1-5H3,(H,25,34)(H,26,33)(H,27,35)(H,28,30)(H,31,32)/t14-,15-,18-,19-/m0/s1. The number of hydrogen-bond acceptors (Lipinski definition) is 7. The van der Waals surface area contributed by atoms with Crippen molar-refractivity contribution in [2.45, 2.75) is 78.0 Å². The molecule has 13 heteroatoms. The van der Waals surface area contributed by atoms with E-state index in [0.29, 0.717) is 25.8 Å². The van der Waals surface area contributed by atoms with Crippen molar-refractivity contribution in [2.75, 3.05) is 19.6 Å². The van der Waals surface area contributed by atoms with Crippen molar-refractivity contribution in [3.8, 4) is 0 Å². The third kappa shape index (κ3) is 9.44. The minimum atomic E-state index is -1.19. The van der Waals surface area contributed by atoms with Crippen LogP contribution in [0.3, 0.4) is 0 Å². The van der Waals surface area contributed by atoms with Crippen molar-refractivity contribution in [1.82, 2.24) is 26.2 Å². The first-order valence-electron chi connectivity index (χ1n) is 12.2. The van der Waals surface area contributed by atoms with E-state index in [4.69, 9.17) is 10.8 Å². The van der Waals surface area contributed by atoms with Gasteiger partial charge in [0.2, 0.25) is 29.5 Å². The number of nitrogens with two attached hydrogens (primary N) is 1. The molecule has 1 fully saturated rings. The lowest BCUT2D eigenvalue weighted by Gasteiger charge is -2.36. The van der Waals surface area contributed by atoms with Crippen LogP contribution < -0.4 is 27.0 Å². The van der Waals surface area contributed by atoms with Gasteiger partial charge in [-0.3, -0.25) is 28.8 Å². The Labute approximate surface area is 211 Å². The molecule has 0 aromatic rings. The zero-order valence-corrected chi connectivity index (χ0v) is 21.6. The maximum Gasteiger partial charge on any atom is 0.322 e. The second kappa shape index (κ2) is 14.4. The number of piperidine rings is 1. The smallest absolute Gasteiger partial charge is 0.322 e. The summed E-state index contributed by atoms with van der Waals surface area (Å²) in [5.74, 6) is -4.32. The van der Waals surface area contributed by atoms with Crippen LogP contribution in [0.5, 0.6) is 0 Å². The molecule has 0 saturated carbocycles. The van der Waals surface area contributed by atoms with Crippen molar-refractivity contribution in [3.05, 3.63) is 0 Å². The maximum atomic E-state index is 13.1. The lowest BCUT2D eigenvalue weighted by molar-refractivity contribution is -0.146. The van der Waals surface area contributed by atoms with Gasteiger partial charge in [-0.2, -0.15) is 0 Å². The molecular weight excluding hydrogens is 472 g/mol. The zero-order valence-electron chi connectivity index (χ0n) is 21.6. The Morgan fingerprint density at radius 3 is 2.08 bits per heavy atom. The number of nitrogens with one attached hydrogen (secondary N) is 4. The van der Waals surface area contributed by atoms with Gasteiger partial charge in [0.25, 0.3) is 0 Å². The van der Waals surface area contributed by atoms with Gasteiger partial charge in [0.05, 0.1) is 12.6 Å². The highest BCUT2D eigenvalue weighted by molar-refractivity contribution is 5.95. The van der Waals surface area contributed by atoms with Gasteiger partial charge >= 0.3 is 5.97 Å². The maximum absolute atomic E-state index is 13.1. The van der Waals surface area contributed by atoms with Crippen molar-refractivity contribution < 1.29 is 33.9 Å². The lowest BCUT2D eigenvalue weighted by Crippen LogP contribution is -2.59. The molecule has 1 rings (SSSR count). The van der Waals surface area contributed by atoms with Crippen LogP contribution in [0.25, 0.3) is 0 Å². The van der Waals surface area contributed by atoms with Gasteiger partial charge < -0.3 is 37.0 Å². The number of likely N-dealkylation sites (tertiary alicyclic amines) is 1. The summed E-state index contributed by atoms with van der Waals surface area (Å²) < 4.78 is 0. The van der Waals surface area contributed by atoms with Crippen LogP contribution in [0.2, 0.25) is 0 Å². The summed E-state index contributed by atoms with van der Waals surface area (Å²) in [7, 11) is 0. The van der Waals surface area contributed by atoms with E-state index in [0.717, 1.165) is 0 Å². The van der Waals surface area contributed by atoms with Gasteiger partial charge in [-0.05, 0) is 38.0 Å². The Morgan fingerprint density at radius 1 is 0.889 bits per heavy atom. The molecule has 0 unspecified atom stereocenters. The number of carboxylic acids is 1. The SMILES string of the molecule is CC(C)[C@H](N)C(=O)NCC(=O)N[C@H](C(=O)N[C@@H](C)C(=O)N1CCCC[C@H]1C(=O)NCC(=O)O)C(C)C. The van der Waals surface area contributed by atoms with Crippen LogP contribution in [-0.2, 0) is 28.8 Å². The molecule has 5 amide bonds. The Bertz CT molecular complexity index is 832. The van der Waals surface area contributed by atoms with Crippen LogP contribution in [0.1, 0.15) is 53.9 Å². The van der Waals surface area contributed by atoms with Crippen molar-refractivity contribution in [2.24, 2.45) is 17.6 Å². The Balaban J connectivity index is 2.75. The quantitative estimate of drug-likeness (QED) is 0.178. The van der Waals surface area contributed by atoms with Gasteiger partial charge in [-0.1, -0.05) is 27.7 Å². The normalized spacial score (nSPS) is 18.1. The average molecular weight is 513 g/mol. The van der Waals surface area contributed by atoms with Crippen LogP contribution in [-0.4, -0.2) is 89.3 Å². The molecule has 13 nitrogen and oxygen atoms in total. The molecule has 0 aromatic carbocycles. The van der Waals surface area contributed by atoms with E-state index in [9.17, 15) is 28.8 Å². The summed E-state index contributed by atoms with van der Waals surface area (Å²) in [6.07, 6.45) is 1.76. The van der Waals surface area contributed by atoms with Crippen LogP contribution in [0.15, 0.2) is 0 Å². The van der Waals surface area contributed by atoms with Crippen LogP contribution >= 0.6 is 0 Å². The fourth-order valence-corrected chi connectivity index (χ4v) is 3.71. The van der Waals surface area contributed by atoms with E-state index in [1.807, 2.05) is 0 Å². The predicted molar refractivity (Wildman–Crippen MR) is 130 cm³/mol. The third-order valence-electron chi connectivity index (χ3n) is 5.94. The number of aliphatic carboxylic acids is 1. The highest BCUT2D eigenvalue weighted by Crippen LogP contribution is 2.18. The number of carbonyl (C=O) groups excluding carboxylic acids is 5.